The van der Waals surface area contributed by atoms with E-state index in [2.05, 4.69) is 35.0 Å². The van der Waals surface area contributed by atoms with Crippen LogP contribution < -0.4 is 5.32 Å². The van der Waals surface area contributed by atoms with Gasteiger partial charge in [0.15, 0.2) is 0 Å². The second kappa shape index (κ2) is 9.72. The van der Waals surface area contributed by atoms with E-state index in [-0.39, 0.29) is 11.4 Å². The Morgan fingerprint density at radius 1 is 1.13 bits per heavy atom. The molecule has 0 saturated heterocycles. The first-order valence-corrected chi connectivity index (χ1v) is 11.5. The highest BCUT2D eigenvalue weighted by Gasteiger charge is 2.34. The number of rotatable bonds is 6. The third kappa shape index (κ3) is 5.58. The Bertz CT molecular complexity index is 1020. The summed E-state index contributed by atoms with van der Waals surface area (Å²) in [7, 11) is 0. The van der Waals surface area contributed by atoms with Crippen LogP contribution in [0, 0.1) is 11.3 Å². The third-order valence-electron chi connectivity index (χ3n) is 6.53. The molecule has 0 atom stereocenters. The molecule has 1 heterocycles. The molecule has 0 unspecified atom stereocenters. The zero-order valence-electron chi connectivity index (χ0n) is 17.8. The van der Waals surface area contributed by atoms with E-state index in [1.165, 1.54) is 17.5 Å². The van der Waals surface area contributed by atoms with Gasteiger partial charge in [-0.05, 0) is 66.3 Å². The predicted octanol–water partition coefficient (Wildman–Crippen LogP) is 5.09. The van der Waals surface area contributed by atoms with Crippen LogP contribution in [-0.4, -0.2) is 22.9 Å². The molecular weight excluding hydrogens is 402 g/mol. The summed E-state index contributed by atoms with van der Waals surface area (Å²) < 4.78 is 0. The van der Waals surface area contributed by atoms with Gasteiger partial charge in [0.2, 0.25) is 5.91 Å². The highest BCUT2D eigenvalue weighted by atomic mass is 32.1. The first-order chi connectivity index (χ1) is 15.0. The van der Waals surface area contributed by atoms with Crippen LogP contribution in [0.1, 0.15) is 60.8 Å². The van der Waals surface area contributed by atoms with E-state index in [1.54, 1.807) is 6.08 Å². The molecule has 0 spiro atoms. The monoisotopic (exact) mass is 431 g/mol. The molecule has 4 rings (SSSR count). The lowest BCUT2D eigenvalue weighted by Crippen LogP contribution is -2.50. The maximum absolute atomic E-state index is 12.8. The topological polar surface area (TPSA) is 56.1 Å². The highest BCUT2D eigenvalue weighted by molar-refractivity contribution is 7.80. The standard InChI is InChI=1S/C26H29N3OS/c27-17-21-7-9-22-18-29(19-23(22)15-21)14-13-26(11-2-1-3-12-26)28-25(30)10-8-20-5-4-6-24(31)16-20/h4-10,15-16,31H,1-3,11-14,18-19H2,(H,28,30)/b10-8+. The van der Waals surface area contributed by atoms with Crippen molar-refractivity contribution in [2.45, 2.75) is 62.0 Å². The predicted molar refractivity (Wildman–Crippen MR) is 127 cm³/mol. The van der Waals surface area contributed by atoms with Crippen molar-refractivity contribution < 1.29 is 4.79 Å². The maximum atomic E-state index is 12.8. The average molecular weight is 432 g/mol. The van der Waals surface area contributed by atoms with E-state index in [1.807, 2.05) is 42.5 Å². The van der Waals surface area contributed by atoms with Gasteiger partial charge in [-0.3, -0.25) is 9.69 Å². The van der Waals surface area contributed by atoms with E-state index in [0.29, 0.717) is 0 Å². The van der Waals surface area contributed by atoms with Gasteiger partial charge in [-0.2, -0.15) is 5.26 Å². The van der Waals surface area contributed by atoms with Crippen LogP contribution in [0.5, 0.6) is 0 Å². The van der Waals surface area contributed by atoms with Crippen molar-refractivity contribution in [1.29, 1.82) is 5.26 Å². The molecule has 1 aliphatic carbocycles. The molecule has 1 amide bonds. The number of nitriles is 1. The zero-order chi connectivity index (χ0) is 21.7. The largest absolute Gasteiger partial charge is 0.347 e. The molecule has 5 heteroatoms. The summed E-state index contributed by atoms with van der Waals surface area (Å²) in [6.45, 7) is 2.75. The van der Waals surface area contributed by atoms with Crippen molar-refractivity contribution in [3.05, 3.63) is 70.8 Å². The van der Waals surface area contributed by atoms with Crippen LogP contribution in [0.25, 0.3) is 6.08 Å². The lowest BCUT2D eigenvalue weighted by molar-refractivity contribution is -0.118. The van der Waals surface area contributed by atoms with Crippen LogP contribution in [0.2, 0.25) is 0 Å². The van der Waals surface area contributed by atoms with Crippen LogP contribution in [0.3, 0.4) is 0 Å². The molecule has 1 N–H and O–H groups in total. The van der Waals surface area contributed by atoms with Crippen molar-refractivity contribution in [2.75, 3.05) is 6.54 Å². The highest BCUT2D eigenvalue weighted by Crippen LogP contribution is 2.33. The molecule has 31 heavy (non-hydrogen) atoms. The second-order valence-corrected chi connectivity index (χ2v) is 9.33. The van der Waals surface area contributed by atoms with Crippen LogP contribution in [0.4, 0.5) is 0 Å². The molecule has 1 saturated carbocycles. The summed E-state index contributed by atoms with van der Waals surface area (Å²) in [5.41, 5.74) is 4.15. The summed E-state index contributed by atoms with van der Waals surface area (Å²) in [5, 5.41) is 12.5. The number of nitrogens with zero attached hydrogens (tertiary/aromatic N) is 2. The van der Waals surface area contributed by atoms with Crippen molar-refractivity contribution in [3.63, 3.8) is 0 Å². The van der Waals surface area contributed by atoms with Crippen LogP contribution in [-0.2, 0) is 17.9 Å². The normalized spacial score (nSPS) is 17.9. The summed E-state index contributed by atoms with van der Waals surface area (Å²) >= 11 is 4.36. The van der Waals surface area contributed by atoms with Gasteiger partial charge in [-0.15, -0.1) is 12.6 Å². The minimum absolute atomic E-state index is 0.0187. The van der Waals surface area contributed by atoms with Gasteiger partial charge in [-0.1, -0.05) is 37.5 Å². The number of fused-ring (bicyclic) bond motifs is 1. The molecule has 4 nitrogen and oxygen atoms in total. The molecule has 0 radical (unpaired) electrons. The van der Waals surface area contributed by atoms with Crippen LogP contribution in [0.15, 0.2) is 53.4 Å². The molecular formula is C26H29N3OS. The summed E-state index contributed by atoms with van der Waals surface area (Å²) in [5.74, 6) is -0.0187. The Kier molecular flexibility index (Phi) is 6.80. The third-order valence-corrected chi connectivity index (χ3v) is 6.80. The van der Waals surface area contributed by atoms with Gasteiger partial charge < -0.3 is 5.32 Å². The Morgan fingerprint density at radius 3 is 2.71 bits per heavy atom. The first-order valence-electron chi connectivity index (χ1n) is 11.1. The van der Waals surface area contributed by atoms with Gasteiger partial charge in [0.1, 0.15) is 0 Å². The lowest BCUT2D eigenvalue weighted by Gasteiger charge is -2.39. The van der Waals surface area contributed by atoms with Crippen LogP contribution >= 0.6 is 12.6 Å². The molecule has 0 bridgehead atoms. The average Bonchev–Trinajstić information content (AvgIpc) is 3.19. The molecule has 160 valence electrons. The van der Waals surface area contributed by atoms with Crippen molar-refractivity contribution in [3.8, 4) is 6.07 Å². The molecule has 2 aromatic carbocycles. The lowest BCUT2D eigenvalue weighted by atomic mass is 9.79. The Hall–Kier alpha value is -2.55. The maximum Gasteiger partial charge on any atom is 0.244 e. The number of amides is 1. The van der Waals surface area contributed by atoms with E-state index >= 15 is 0 Å². The number of thiol groups is 1. The van der Waals surface area contributed by atoms with E-state index in [9.17, 15) is 4.79 Å². The Balaban J connectivity index is 1.38. The number of hydrogen-bond acceptors (Lipinski definition) is 4. The molecule has 0 aromatic heterocycles. The Morgan fingerprint density at radius 2 is 1.94 bits per heavy atom. The van der Waals surface area contributed by atoms with Gasteiger partial charge >= 0.3 is 0 Å². The van der Waals surface area contributed by atoms with Gasteiger partial charge in [0.05, 0.1) is 11.6 Å². The van der Waals surface area contributed by atoms with Crippen molar-refractivity contribution in [1.82, 2.24) is 10.2 Å². The molecule has 2 aliphatic rings. The molecule has 2 aromatic rings. The zero-order valence-corrected chi connectivity index (χ0v) is 18.7. The SMILES string of the molecule is N#Cc1ccc2c(c1)CN(CCC1(NC(=O)/C=C/c3cccc(S)c3)CCCCC1)C2. The fourth-order valence-electron chi connectivity index (χ4n) is 4.83. The number of hydrogen-bond donors (Lipinski definition) is 2. The first kappa shape index (κ1) is 21.7. The minimum atomic E-state index is -0.127. The second-order valence-electron chi connectivity index (χ2n) is 8.81. The summed E-state index contributed by atoms with van der Waals surface area (Å²) in [4.78, 5) is 16.1. The molecule has 1 aliphatic heterocycles. The summed E-state index contributed by atoms with van der Waals surface area (Å²) in [6, 6.07) is 16.0. The fraction of sp³-hybridized carbons (Fsp3) is 0.385. The summed E-state index contributed by atoms with van der Waals surface area (Å²) in [6.07, 6.45) is 10.1. The van der Waals surface area contributed by atoms with Crippen molar-refractivity contribution in [2.24, 2.45) is 0 Å². The molecule has 1 fully saturated rings. The Labute approximate surface area is 190 Å². The number of nitrogens with one attached hydrogen (secondary N) is 1. The van der Waals surface area contributed by atoms with Gasteiger partial charge in [0, 0.05) is 36.1 Å². The van der Waals surface area contributed by atoms with Gasteiger partial charge in [0.25, 0.3) is 0 Å². The number of carbonyl (C=O) groups is 1. The minimum Gasteiger partial charge on any atom is -0.347 e. The quantitative estimate of drug-likeness (QED) is 0.495. The number of benzene rings is 2. The van der Waals surface area contributed by atoms with Gasteiger partial charge in [-0.25, -0.2) is 0 Å². The van der Waals surface area contributed by atoms with Crippen molar-refractivity contribution >= 4 is 24.6 Å². The van der Waals surface area contributed by atoms with E-state index in [4.69, 9.17) is 5.26 Å². The number of carbonyl (C=O) groups excluding carboxylic acids is 1. The fourth-order valence-corrected chi connectivity index (χ4v) is 5.07. The van der Waals surface area contributed by atoms with E-state index in [0.717, 1.165) is 67.8 Å². The van der Waals surface area contributed by atoms with E-state index < -0.39 is 0 Å². The smallest absolute Gasteiger partial charge is 0.244 e.